The summed E-state index contributed by atoms with van der Waals surface area (Å²) in [6, 6.07) is 7.46. The van der Waals surface area contributed by atoms with Crippen LogP contribution in [0.2, 0.25) is 0 Å². The van der Waals surface area contributed by atoms with E-state index in [9.17, 15) is 4.79 Å². The van der Waals surface area contributed by atoms with Crippen molar-refractivity contribution >= 4 is 23.4 Å². The highest BCUT2D eigenvalue weighted by Crippen LogP contribution is 2.17. The molecule has 1 aliphatic rings. The van der Waals surface area contributed by atoms with Crippen molar-refractivity contribution in [1.29, 1.82) is 0 Å². The van der Waals surface area contributed by atoms with Gasteiger partial charge in [-0.05, 0) is 18.2 Å². The second-order valence-electron chi connectivity index (χ2n) is 6.72. The smallest absolute Gasteiger partial charge is 0.269 e. The maximum atomic E-state index is 11.6. The van der Waals surface area contributed by atoms with Crippen molar-refractivity contribution < 1.29 is 4.79 Å². The molecule has 0 saturated carbocycles. The average Bonchev–Trinajstić information content (AvgIpc) is 3.21. The molecule has 10 heteroatoms. The maximum absolute atomic E-state index is 11.6. The highest BCUT2D eigenvalue weighted by molar-refractivity contribution is 5.92. The molecule has 0 unspecified atom stereocenters. The van der Waals surface area contributed by atoms with Crippen molar-refractivity contribution in [2.75, 3.05) is 43.4 Å². The van der Waals surface area contributed by atoms with E-state index in [1.807, 2.05) is 12.1 Å². The molecule has 0 bridgehead atoms. The minimum atomic E-state index is -0.173. The molecule has 0 aromatic carbocycles. The molecule has 3 aromatic heterocycles. The average molecular weight is 393 g/mol. The summed E-state index contributed by atoms with van der Waals surface area (Å²) in [7, 11) is 1.60. The van der Waals surface area contributed by atoms with E-state index in [1.165, 1.54) is 0 Å². The Morgan fingerprint density at radius 2 is 1.93 bits per heavy atom. The number of H-pyrrole nitrogens is 1. The molecule has 4 rings (SSSR count). The molecule has 3 aromatic rings. The summed E-state index contributed by atoms with van der Waals surface area (Å²) in [4.78, 5) is 28.8. The number of hydrogen-bond acceptors (Lipinski definition) is 8. The van der Waals surface area contributed by atoms with Gasteiger partial charge in [-0.25, -0.2) is 15.0 Å². The Morgan fingerprint density at radius 3 is 2.62 bits per heavy atom. The number of aromatic amines is 1. The van der Waals surface area contributed by atoms with Crippen LogP contribution in [0.15, 0.2) is 42.9 Å². The van der Waals surface area contributed by atoms with E-state index in [0.29, 0.717) is 17.5 Å². The third-order valence-corrected chi connectivity index (χ3v) is 4.78. The summed E-state index contributed by atoms with van der Waals surface area (Å²) in [6.07, 6.45) is 5.13. The lowest BCUT2D eigenvalue weighted by Crippen LogP contribution is -2.46. The minimum absolute atomic E-state index is 0.173. The molecule has 0 radical (unpaired) electrons. The molecule has 1 fully saturated rings. The van der Waals surface area contributed by atoms with Gasteiger partial charge in [0.05, 0.1) is 17.6 Å². The fourth-order valence-electron chi connectivity index (χ4n) is 3.23. The number of nitrogens with one attached hydrogen (secondary N) is 3. The quantitative estimate of drug-likeness (QED) is 0.569. The molecule has 0 spiro atoms. The number of piperazine rings is 1. The first kappa shape index (κ1) is 18.8. The Hall–Kier alpha value is -3.53. The Bertz CT molecular complexity index is 934. The van der Waals surface area contributed by atoms with E-state index in [0.717, 1.165) is 44.1 Å². The van der Waals surface area contributed by atoms with Crippen molar-refractivity contribution in [3.05, 3.63) is 54.2 Å². The molecule has 29 heavy (non-hydrogen) atoms. The number of anilines is 3. The van der Waals surface area contributed by atoms with E-state index in [-0.39, 0.29) is 5.91 Å². The third-order valence-electron chi connectivity index (χ3n) is 4.78. The lowest BCUT2D eigenvalue weighted by Gasteiger charge is -2.35. The van der Waals surface area contributed by atoms with Gasteiger partial charge >= 0.3 is 0 Å². The standard InChI is InChI=1S/C19H23N9O/c1-20-18(29)16-4-3-15(12-23-16)28-9-7-27(8-10-28)13-14-11-17(26-25-14)24-19-21-5-2-6-22-19/h2-6,11-12H,7-10,13H2,1H3,(H,20,29)(H2,21,22,24,25,26). The zero-order chi connectivity index (χ0) is 20.1. The molecule has 1 amide bonds. The van der Waals surface area contributed by atoms with Gasteiger partial charge in [-0.1, -0.05) is 0 Å². The van der Waals surface area contributed by atoms with Crippen LogP contribution in [0.3, 0.4) is 0 Å². The van der Waals surface area contributed by atoms with Gasteiger partial charge in [0.1, 0.15) is 5.69 Å². The maximum Gasteiger partial charge on any atom is 0.269 e. The van der Waals surface area contributed by atoms with Gasteiger partial charge < -0.3 is 15.5 Å². The summed E-state index contributed by atoms with van der Waals surface area (Å²) < 4.78 is 0. The number of nitrogens with zero attached hydrogens (tertiary/aromatic N) is 6. The van der Waals surface area contributed by atoms with E-state index < -0.39 is 0 Å². The number of rotatable bonds is 6. The first-order chi connectivity index (χ1) is 14.2. The van der Waals surface area contributed by atoms with Crippen LogP contribution < -0.4 is 15.5 Å². The van der Waals surface area contributed by atoms with Gasteiger partial charge in [-0.3, -0.25) is 14.8 Å². The Morgan fingerprint density at radius 1 is 1.14 bits per heavy atom. The van der Waals surface area contributed by atoms with Crippen molar-refractivity contribution in [3.63, 3.8) is 0 Å². The van der Waals surface area contributed by atoms with E-state index in [2.05, 4.69) is 45.6 Å². The molecule has 3 N–H and O–H groups in total. The fourth-order valence-corrected chi connectivity index (χ4v) is 3.23. The molecule has 10 nitrogen and oxygen atoms in total. The van der Waals surface area contributed by atoms with E-state index in [1.54, 1.807) is 37.8 Å². The Kier molecular flexibility index (Phi) is 5.61. The number of pyridine rings is 1. The lowest BCUT2D eigenvalue weighted by molar-refractivity contribution is 0.0958. The second kappa shape index (κ2) is 8.65. The van der Waals surface area contributed by atoms with Crippen LogP contribution in [0.25, 0.3) is 0 Å². The Balaban J connectivity index is 1.28. The predicted octanol–water partition coefficient (Wildman–Crippen LogP) is 1.02. The van der Waals surface area contributed by atoms with Gasteiger partial charge in [0, 0.05) is 58.2 Å². The van der Waals surface area contributed by atoms with Crippen molar-refractivity contribution in [2.24, 2.45) is 0 Å². The highest BCUT2D eigenvalue weighted by atomic mass is 16.1. The van der Waals surface area contributed by atoms with Crippen LogP contribution >= 0.6 is 0 Å². The molecule has 4 heterocycles. The number of hydrogen-bond donors (Lipinski definition) is 3. The van der Waals surface area contributed by atoms with Crippen LogP contribution in [-0.2, 0) is 6.54 Å². The van der Waals surface area contributed by atoms with Crippen LogP contribution in [-0.4, -0.2) is 69.2 Å². The Labute approximate surface area is 168 Å². The third kappa shape index (κ3) is 4.66. The van der Waals surface area contributed by atoms with Crippen molar-refractivity contribution in [2.45, 2.75) is 6.54 Å². The lowest BCUT2D eigenvalue weighted by atomic mass is 10.2. The molecule has 1 aliphatic heterocycles. The van der Waals surface area contributed by atoms with Crippen LogP contribution in [0.1, 0.15) is 16.2 Å². The number of amides is 1. The number of carbonyl (C=O) groups is 1. The summed E-state index contributed by atoms with van der Waals surface area (Å²) in [5.74, 6) is 1.05. The van der Waals surface area contributed by atoms with Gasteiger partial charge in [0.25, 0.3) is 5.91 Å². The van der Waals surface area contributed by atoms with Crippen LogP contribution in [0, 0.1) is 0 Å². The van der Waals surface area contributed by atoms with Crippen molar-refractivity contribution in [1.82, 2.24) is 35.4 Å². The molecule has 0 aliphatic carbocycles. The summed E-state index contributed by atoms with van der Waals surface area (Å²) >= 11 is 0. The highest BCUT2D eigenvalue weighted by Gasteiger charge is 2.19. The summed E-state index contributed by atoms with van der Waals surface area (Å²) in [6.45, 7) is 4.46. The second-order valence-corrected chi connectivity index (χ2v) is 6.72. The minimum Gasteiger partial charge on any atom is -0.368 e. The molecule has 1 saturated heterocycles. The largest absolute Gasteiger partial charge is 0.368 e. The normalized spacial score (nSPS) is 14.6. The van der Waals surface area contributed by atoms with Gasteiger partial charge in [0.2, 0.25) is 5.95 Å². The zero-order valence-electron chi connectivity index (χ0n) is 16.2. The monoisotopic (exact) mass is 393 g/mol. The summed E-state index contributed by atoms with van der Waals surface area (Å²) in [5.41, 5.74) is 2.50. The fraction of sp³-hybridized carbons (Fsp3) is 0.316. The number of carbonyl (C=O) groups excluding carboxylic acids is 1. The predicted molar refractivity (Wildman–Crippen MR) is 109 cm³/mol. The van der Waals surface area contributed by atoms with Gasteiger partial charge in [-0.2, -0.15) is 5.10 Å². The van der Waals surface area contributed by atoms with Gasteiger partial charge in [0.15, 0.2) is 5.82 Å². The molecular weight excluding hydrogens is 370 g/mol. The first-order valence-electron chi connectivity index (χ1n) is 9.45. The van der Waals surface area contributed by atoms with E-state index in [4.69, 9.17) is 0 Å². The van der Waals surface area contributed by atoms with Crippen LogP contribution in [0.4, 0.5) is 17.5 Å². The zero-order valence-corrected chi connectivity index (χ0v) is 16.2. The van der Waals surface area contributed by atoms with Crippen molar-refractivity contribution in [3.8, 4) is 0 Å². The summed E-state index contributed by atoms with van der Waals surface area (Å²) in [5, 5.41) is 13.0. The topological polar surface area (TPSA) is 115 Å². The van der Waals surface area contributed by atoms with E-state index >= 15 is 0 Å². The number of aromatic nitrogens is 5. The molecular formula is C19H23N9O. The van der Waals surface area contributed by atoms with Gasteiger partial charge in [-0.15, -0.1) is 0 Å². The first-order valence-corrected chi connectivity index (χ1v) is 9.45. The van der Waals surface area contributed by atoms with Crippen LogP contribution in [0.5, 0.6) is 0 Å². The molecule has 0 atom stereocenters. The SMILES string of the molecule is CNC(=O)c1ccc(N2CCN(Cc3cc(Nc4ncccn4)n[nH]3)CC2)cn1. The molecule has 150 valence electrons.